The summed E-state index contributed by atoms with van der Waals surface area (Å²) in [7, 11) is 0. The van der Waals surface area contributed by atoms with Gasteiger partial charge in [-0.3, -0.25) is 0 Å². The monoisotopic (exact) mass is 442 g/mol. The fourth-order valence-electron chi connectivity index (χ4n) is 5.15. The van der Waals surface area contributed by atoms with Crippen LogP contribution in [0.15, 0.2) is 36.4 Å². The van der Waals surface area contributed by atoms with Crippen molar-refractivity contribution in [3.63, 3.8) is 0 Å². The Bertz CT molecular complexity index is 807. The third-order valence-corrected chi connectivity index (χ3v) is 7.30. The molecule has 0 bridgehead atoms. The van der Waals surface area contributed by atoms with E-state index in [4.69, 9.17) is 5.11 Å². The van der Waals surface area contributed by atoms with Gasteiger partial charge in [0.05, 0.1) is 0 Å². The molecule has 1 aliphatic carbocycles. The standard InChI is InChI=1S/C29H40F2O/c1-2-3-4-7-22-9-11-24(12-10-22)15-18-26-19-20-27(29(31)28(26)30)25-16-13-23(14-17-25)8-5-6-21-32/h13-14,16-17,19-20,22,24,32H,2-12,15,18,21H2,1H3. The number of halogens is 2. The van der Waals surface area contributed by atoms with Crippen LogP contribution in [0.5, 0.6) is 0 Å². The van der Waals surface area contributed by atoms with Crippen molar-refractivity contribution in [3.8, 4) is 11.1 Å². The molecule has 2 aromatic carbocycles. The first-order chi connectivity index (χ1) is 15.6. The second-order valence-corrected chi connectivity index (χ2v) is 9.70. The number of aryl methyl sites for hydroxylation is 2. The first-order valence-corrected chi connectivity index (χ1v) is 12.8. The summed E-state index contributed by atoms with van der Waals surface area (Å²) in [6.07, 6.45) is 14.6. The van der Waals surface area contributed by atoms with Crippen LogP contribution >= 0.6 is 0 Å². The highest BCUT2D eigenvalue weighted by atomic mass is 19.2. The maximum absolute atomic E-state index is 14.9. The van der Waals surface area contributed by atoms with Crippen LogP contribution in [0.4, 0.5) is 8.78 Å². The summed E-state index contributed by atoms with van der Waals surface area (Å²) in [5.74, 6) is 0.128. The zero-order valence-corrected chi connectivity index (χ0v) is 19.7. The van der Waals surface area contributed by atoms with Crippen LogP contribution in [0.3, 0.4) is 0 Å². The lowest BCUT2D eigenvalue weighted by Crippen LogP contribution is -2.15. The first kappa shape index (κ1) is 24.9. The smallest absolute Gasteiger partial charge is 0.166 e. The Kier molecular flexibility index (Phi) is 10.2. The van der Waals surface area contributed by atoms with Crippen LogP contribution in [-0.4, -0.2) is 11.7 Å². The minimum atomic E-state index is -0.727. The fraction of sp³-hybridized carbons (Fsp3) is 0.586. The number of benzene rings is 2. The van der Waals surface area contributed by atoms with Crippen molar-refractivity contribution in [1.82, 2.24) is 0 Å². The van der Waals surface area contributed by atoms with E-state index in [9.17, 15) is 8.78 Å². The Hall–Kier alpha value is -1.74. The molecule has 3 heteroatoms. The van der Waals surface area contributed by atoms with Crippen LogP contribution in [0.25, 0.3) is 11.1 Å². The molecule has 1 nitrogen and oxygen atoms in total. The molecule has 1 fully saturated rings. The van der Waals surface area contributed by atoms with Crippen molar-refractivity contribution in [1.29, 1.82) is 0 Å². The predicted octanol–water partition coefficient (Wildman–Crippen LogP) is 8.27. The van der Waals surface area contributed by atoms with Gasteiger partial charge in [0.2, 0.25) is 0 Å². The van der Waals surface area contributed by atoms with E-state index in [-0.39, 0.29) is 6.61 Å². The normalized spacial score (nSPS) is 18.8. The Morgan fingerprint density at radius 2 is 1.44 bits per heavy atom. The van der Waals surface area contributed by atoms with Gasteiger partial charge in [0.15, 0.2) is 11.6 Å². The van der Waals surface area contributed by atoms with E-state index >= 15 is 0 Å². The molecule has 0 atom stereocenters. The Morgan fingerprint density at radius 3 is 2.09 bits per heavy atom. The van der Waals surface area contributed by atoms with E-state index in [0.29, 0.717) is 29.0 Å². The average molecular weight is 443 g/mol. The number of unbranched alkanes of at least 4 members (excludes halogenated alkanes) is 3. The zero-order valence-electron chi connectivity index (χ0n) is 19.7. The molecule has 0 aromatic heterocycles. The van der Waals surface area contributed by atoms with Gasteiger partial charge in [0, 0.05) is 12.2 Å². The molecule has 0 spiro atoms. The number of aliphatic hydroxyl groups excluding tert-OH is 1. The molecule has 176 valence electrons. The Labute approximate surface area is 193 Å². The van der Waals surface area contributed by atoms with Crippen molar-refractivity contribution in [2.75, 3.05) is 6.61 Å². The molecule has 0 unspecified atom stereocenters. The number of hydrogen-bond donors (Lipinski definition) is 1. The molecule has 1 saturated carbocycles. The molecule has 32 heavy (non-hydrogen) atoms. The van der Waals surface area contributed by atoms with Crippen LogP contribution < -0.4 is 0 Å². The number of aliphatic hydroxyl groups is 1. The number of hydrogen-bond acceptors (Lipinski definition) is 1. The second kappa shape index (κ2) is 13.1. The van der Waals surface area contributed by atoms with Gasteiger partial charge in [-0.2, -0.15) is 0 Å². The molecule has 0 radical (unpaired) electrons. The lowest BCUT2D eigenvalue weighted by atomic mass is 9.77. The van der Waals surface area contributed by atoms with Gasteiger partial charge in [-0.15, -0.1) is 0 Å². The van der Waals surface area contributed by atoms with Crippen molar-refractivity contribution >= 4 is 0 Å². The summed E-state index contributed by atoms with van der Waals surface area (Å²) in [5, 5.41) is 8.90. The largest absolute Gasteiger partial charge is 0.396 e. The van der Waals surface area contributed by atoms with Crippen molar-refractivity contribution in [3.05, 3.63) is 59.2 Å². The third kappa shape index (κ3) is 7.13. The molecular weight excluding hydrogens is 402 g/mol. The summed E-state index contributed by atoms with van der Waals surface area (Å²) in [6.45, 7) is 2.46. The minimum Gasteiger partial charge on any atom is -0.396 e. The maximum atomic E-state index is 14.9. The first-order valence-electron chi connectivity index (χ1n) is 12.8. The van der Waals surface area contributed by atoms with Gasteiger partial charge in [0.1, 0.15) is 0 Å². The highest BCUT2D eigenvalue weighted by Gasteiger charge is 2.22. The summed E-state index contributed by atoms with van der Waals surface area (Å²) in [6, 6.07) is 11.2. The molecule has 0 aliphatic heterocycles. The molecule has 0 amide bonds. The molecule has 0 heterocycles. The van der Waals surface area contributed by atoms with Crippen molar-refractivity contribution < 1.29 is 13.9 Å². The van der Waals surface area contributed by atoms with Crippen LogP contribution in [0, 0.1) is 23.5 Å². The lowest BCUT2D eigenvalue weighted by Gasteiger charge is -2.28. The number of rotatable bonds is 12. The summed E-state index contributed by atoms with van der Waals surface area (Å²) in [5.41, 5.74) is 2.71. The van der Waals surface area contributed by atoms with E-state index in [1.807, 2.05) is 24.3 Å². The van der Waals surface area contributed by atoms with Crippen LogP contribution in [0.1, 0.15) is 88.7 Å². The highest BCUT2D eigenvalue weighted by Crippen LogP contribution is 2.35. The second-order valence-electron chi connectivity index (χ2n) is 9.70. The van der Waals surface area contributed by atoms with Gasteiger partial charge in [-0.25, -0.2) is 8.78 Å². The Balaban J connectivity index is 1.52. The lowest BCUT2D eigenvalue weighted by molar-refractivity contribution is 0.248. The topological polar surface area (TPSA) is 20.2 Å². The molecular formula is C29H40F2O. The van der Waals surface area contributed by atoms with E-state index in [0.717, 1.165) is 37.2 Å². The molecule has 1 N–H and O–H groups in total. The molecule has 2 aromatic rings. The van der Waals surface area contributed by atoms with Gasteiger partial charge >= 0.3 is 0 Å². The SMILES string of the molecule is CCCCCC1CCC(CCc2ccc(-c3ccc(CCCCO)cc3)c(F)c2F)CC1. The fourth-order valence-corrected chi connectivity index (χ4v) is 5.15. The zero-order chi connectivity index (χ0) is 22.8. The van der Waals surface area contributed by atoms with Gasteiger partial charge in [0.25, 0.3) is 0 Å². The average Bonchev–Trinajstić information content (AvgIpc) is 2.82. The van der Waals surface area contributed by atoms with Crippen molar-refractivity contribution in [2.24, 2.45) is 11.8 Å². The van der Waals surface area contributed by atoms with Crippen LogP contribution in [-0.2, 0) is 12.8 Å². The van der Waals surface area contributed by atoms with E-state index < -0.39 is 11.6 Å². The third-order valence-electron chi connectivity index (χ3n) is 7.30. The van der Waals surface area contributed by atoms with Gasteiger partial charge in [-0.1, -0.05) is 94.7 Å². The summed E-state index contributed by atoms with van der Waals surface area (Å²) in [4.78, 5) is 0. The van der Waals surface area contributed by atoms with Crippen LogP contribution in [0.2, 0.25) is 0 Å². The van der Waals surface area contributed by atoms with Gasteiger partial charge < -0.3 is 5.11 Å². The summed E-state index contributed by atoms with van der Waals surface area (Å²) >= 11 is 0. The van der Waals surface area contributed by atoms with E-state index in [1.165, 1.54) is 51.4 Å². The quantitative estimate of drug-likeness (QED) is 0.328. The molecule has 3 rings (SSSR count). The van der Waals surface area contributed by atoms with Gasteiger partial charge in [-0.05, 0) is 60.6 Å². The highest BCUT2D eigenvalue weighted by molar-refractivity contribution is 5.65. The molecule has 0 saturated heterocycles. The minimum absolute atomic E-state index is 0.204. The van der Waals surface area contributed by atoms with Crippen molar-refractivity contribution in [2.45, 2.75) is 90.4 Å². The van der Waals surface area contributed by atoms with E-state index in [1.54, 1.807) is 12.1 Å². The predicted molar refractivity (Wildman–Crippen MR) is 130 cm³/mol. The Morgan fingerprint density at radius 1 is 0.750 bits per heavy atom. The van der Waals surface area contributed by atoms with E-state index in [2.05, 4.69) is 6.92 Å². The molecule has 1 aliphatic rings. The summed E-state index contributed by atoms with van der Waals surface area (Å²) < 4.78 is 29.7. The maximum Gasteiger partial charge on any atom is 0.166 e.